The lowest BCUT2D eigenvalue weighted by atomic mass is 9.74. The molecule has 0 saturated heterocycles. The number of anilines is 2. The Kier molecular flexibility index (Phi) is 10.8. The predicted molar refractivity (Wildman–Crippen MR) is 180 cm³/mol. The highest BCUT2D eigenvalue weighted by Crippen LogP contribution is 2.42. The van der Waals surface area contributed by atoms with Gasteiger partial charge in [-0.15, -0.1) is 0 Å². The lowest BCUT2D eigenvalue weighted by molar-refractivity contribution is -0.137. The second-order valence-corrected chi connectivity index (χ2v) is 14.4. The maximum atomic E-state index is 16.0. The molecule has 1 aliphatic carbocycles. The van der Waals surface area contributed by atoms with Gasteiger partial charge in [0.15, 0.2) is 0 Å². The number of hydrogen-bond donors (Lipinski definition) is 2. The van der Waals surface area contributed by atoms with Crippen LogP contribution in [0.4, 0.5) is 29.1 Å². The number of hydrogen-bond acceptors (Lipinski definition) is 9. The maximum Gasteiger partial charge on any atom is 0.416 e. The molecule has 1 aliphatic rings. The fourth-order valence-electron chi connectivity index (χ4n) is 6.15. The summed E-state index contributed by atoms with van der Waals surface area (Å²) in [5, 5.41) is 14.7. The number of halogens is 5. The number of benzene rings is 3. The molecule has 1 saturated carbocycles. The van der Waals surface area contributed by atoms with E-state index >= 15 is 4.39 Å². The van der Waals surface area contributed by atoms with Gasteiger partial charge < -0.3 is 24.8 Å². The Balaban J connectivity index is 1.44. The molecule has 2 N–H and O–H groups in total. The predicted octanol–water partition coefficient (Wildman–Crippen LogP) is 6.48. The second kappa shape index (κ2) is 14.6. The molecule has 10 nitrogen and oxygen atoms in total. The molecule has 0 spiro atoms. The van der Waals surface area contributed by atoms with Gasteiger partial charge in [0.2, 0.25) is 0 Å². The van der Waals surface area contributed by atoms with E-state index in [1.165, 1.54) is 44.9 Å². The maximum absolute atomic E-state index is 16.0. The largest absolute Gasteiger partial charge is 0.497 e. The average Bonchev–Trinajstić information content (AvgIpc) is 3.09. The van der Waals surface area contributed by atoms with Crippen molar-refractivity contribution >= 4 is 33.1 Å². The number of methoxy groups -OCH3 is 2. The van der Waals surface area contributed by atoms with Crippen LogP contribution in [0.15, 0.2) is 78.1 Å². The van der Waals surface area contributed by atoms with Gasteiger partial charge in [-0.1, -0.05) is 23.7 Å². The van der Waals surface area contributed by atoms with E-state index in [0.717, 1.165) is 28.6 Å². The van der Waals surface area contributed by atoms with E-state index in [4.69, 9.17) is 21.1 Å². The van der Waals surface area contributed by atoms with Gasteiger partial charge in [-0.3, -0.25) is 0 Å². The molecule has 50 heavy (non-hydrogen) atoms. The summed E-state index contributed by atoms with van der Waals surface area (Å²) in [5.74, 6) is -0.299. The molecule has 0 amide bonds. The van der Waals surface area contributed by atoms with Crippen molar-refractivity contribution in [3.8, 4) is 11.5 Å². The van der Waals surface area contributed by atoms with Gasteiger partial charge in [-0.25, -0.2) is 27.1 Å². The molecule has 1 aromatic heterocycles. The minimum absolute atomic E-state index is 0.0279. The van der Waals surface area contributed by atoms with Crippen molar-refractivity contribution in [2.24, 2.45) is 0 Å². The van der Waals surface area contributed by atoms with Crippen molar-refractivity contribution in [1.82, 2.24) is 14.9 Å². The zero-order valence-corrected chi connectivity index (χ0v) is 29.2. The highest BCUT2D eigenvalue weighted by atomic mass is 35.5. The number of sulfonamides is 1. The lowest BCUT2D eigenvalue weighted by Gasteiger charge is -2.45. The van der Waals surface area contributed by atoms with E-state index in [-0.39, 0.29) is 47.9 Å². The third kappa shape index (κ3) is 7.75. The normalized spacial score (nSPS) is 19.7. The lowest BCUT2D eigenvalue weighted by Crippen LogP contribution is -2.52. The van der Waals surface area contributed by atoms with Gasteiger partial charge in [0.25, 0.3) is 10.0 Å². The zero-order chi connectivity index (χ0) is 36.4. The van der Waals surface area contributed by atoms with Crippen LogP contribution in [0.2, 0.25) is 5.02 Å². The summed E-state index contributed by atoms with van der Waals surface area (Å²) in [7, 11) is 1.79. The van der Waals surface area contributed by atoms with Gasteiger partial charge in [-0.2, -0.15) is 13.2 Å². The van der Waals surface area contributed by atoms with Crippen LogP contribution in [0.25, 0.3) is 0 Å². The average molecular weight is 738 g/mol. The molecule has 3 aromatic carbocycles. The number of alkyl halides is 3. The Hall–Kier alpha value is -4.18. The number of rotatable bonds is 11. The van der Waals surface area contributed by atoms with Crippen LogP contribution >= 0.6 is 11.6 Å². The third-order valence-corrected chi connectivity index (χ3v) is 10.9. The standard InChI is InChI=1S/C34H36ClF4N5O5S/c1-43(2)29-18-33(45,22-6-5-7-23(14-22)34(37,38)39)12-10-27(29)42-28-17-26(36)31(16-25(28)35)50(46,47)44(32-11-13-40-20-41-32)19-21-8-9-24(48-3)15-30(21)49-4/h5-9,11,13-17,20,27,29,42,45H,10,12,18-19H2,1-4H3/t27-,29-,33+/m1/s1. The summed E-state index contributed by atoms with van der Waals surface area (Å²) in [6.07, 6.45) is -1.61. The quantitative estimate of drug-likeness (QED) is 0.167. The number of aliphatic hydroxyl groups is 1. The van der Waals surface area contributed by atoms with Crippen LogP contribution in [-0.4, -0.2) is 68.8 Å². The molecule has 0 bridgehead atoms. The minimum Gasteiger partial charge on any atom is -0.497 e. The molecule has 0 unspecified atom stereocenters. The molecular weight excluding hydrogens is 702 g/mol. The van der Waals surface area contributed by atoms with Crippen molar-refractivity contribution in [1.29, 1.82) is 0 Å². The fraction of sp³-hybridized carbons (Fsp3) is 0.353. The first-order chi connectivity index (χ1) is 23.6. The van der Waals surface area contributed by atoms with Crippen molar-refractivity contribution in [3.63, 3.8) is 0 Å². The van der Waals surface area contributed by atoms with Gasteiger partial charge in [0.05, 0.1) is 42.6 Å². The third-order valence-electron chi connectivity index (χ3n) is 8.83. The van der Waals surface area contributed by atoms with Gasteiger partial charge >= 0.3 is 6.18 Å². The Morgan fingerprint density at radius 3 is 2.48 bits per heavy atom. The number of likely N-dealkylation sites (N-methyl/N-ethyl adjacent to an activating group) is 1. The molecular formula is C34H36ClF4N5O5S. The van der Waals surface area contributed by atoms with Crippen molar-refractivity contribution in [2.45, 2.75) is 54.6 Å². The smallest absolute Gasteiger partial charge is 0.416 e. The van der Waals surface area contributed by atoms with E-state index in [9.17, 15) is 26.7 Å². The van der Waals surface area contributed by atoms with Crippen LogP contribution in [-0.2, 0) is 28.3 Å². The molecule has 16 heteroatoms. The zero-order valence-electron chi connectivity index (χ0n) is 27.6. The molecule has 0 aliphatic heterocycles. The Morgan fingerprint density at radius 1 is 1.08 bits per heavy atom. The molecule has 1 fully saturated rings. The number of nitrogens with one attached hydrogen (secondary N) is 1. The first-order valence-electron chi connectivity index (χ1n) is 15.4. The molecule has 268 valence electrons. The molecule has 3 atom stereocenters. The van der Waals surface area contributed by atoms with Crippen molar-refractivity contribution < 1.29 is 40.6 Å². The minimum atomic E-state index is -4.63. The van der Waals surface area contributed by atoms with E-state index in [1.54, 1.807) is 32.3 Å². The van der Waals surface area contributed by atoms with Crippen molar-refractivity contribution in [3.05, 3.63) is 101 Å². The first-order valence-corrected chi connectivity index (χ1v) is 17.2. The van der Waals surface area contributed by atoms with Crippen LogP contribution < -0.4 is 19.1 Å². The summed E-state index contributed by atoms with van der Waals surface area (Å²) in [6.45, 7) is -0.287. The molecule has 5 rings (SSSR count). The molecule has 4 aromatic rings. The highest BCUT2D eigenvalue weighted by Gasteiger charge is 2.43. The van der Waals surface area contributed by atoms with Gasteiger partial charge in [0.1, 0.15) is 34.4 Å². The molecule has 1 heterocycles. The Morgan fingerprint density at radius 2 is 1.84 bits per heavy atom. The van der Waals surface area contributed by atoms with E-state index in [2.05, 4.69) is 15.3 Å². The summed E-state index contributed by atoms with van der Waals surface area (Å²) in [5.41, 5.74) is -1.72. The fourth-order valence-corrected chi connectivity index (χ4v) is 7.90. The number of nitrogens with zero attached hydrogens (tertiary/aromatic N) is 4. The van der Waals surface area contributed by atoms with E-state index in [1.807, 2.05) is 4.90 Å². The van der Waals surface area contributed by atoms with Crippen LogP contribution in [0.3, 0.4) is 0 Å². The topological polar surface area (TPSA) is 117 Å². The van der Waals surface area contributed by atoms with Gasteiger partial charge in [-0.05, 0) is 75.3 Å². The van der Waals surface area contributed by atoms with E-state index < -0.39 is 50.2 Å². The molecule has 0 radical (unpaired) electrons. The van der Waals surface area contributed by atoms with Crippen LogP contribution in [0.5, 0.6) is 11.5 Å². The Labute approximate surface area is 292 Å². The monoisotopic (exact) mass is 737 g/mol. The number of aromatic nitrogens is 2. The van der Waals surface area contributed by atoms with E-state index in [0.29, 0.717) is 17.1 Å². The van der Waals surface area contributed by atoms with Gasteiger partial charge in [0, 0.05) is 36.0 Å². The van der Waals surface area contributed by atoms with Crippen LogP contribution in [0.1, 0.15) is 36.0 Å². The summed E-state index contributed by atoms with van der Waals surface area (Å²) in [4.78, 5) is 9.07. The SMILES string of the molecule is COc1ccc(CN(c2ccncn2)S(=O)(=O)c2cc(Cl)c(N[C@@H]3CC[C@@](O)(c4cccc(C(F)(F)F)c4)C[C@H]3N(C)C)cc2F)c(OC)c1. The summed E-state index contributed by atoms with van der Waals surface area (Å²) in [6, 6.07) is 12.0. The summed E-state index contributed by atoms with van der Waals surface area (Å²) >= 11 is 6.62. The second-order valence-electron chi connectivity index (χ2n) is 12.2. The first kappa shape index (κ1) is 37.1. The number of ether oxygens (including phenoxy) is 2. The van der Waals surface area contributed by atoms with Crippen LogP contribution in [0, 0.1) is 5.82 Å². The summed E-state index contributed by atoms with van der Waals surface area (Å²) < 4.78 is 96.1. The van der Waals surface area contributed by atoms with Crippen molar-refractivity contribution in [2.75, 3.05) is 37.9 Å². The highest BCUT2D eigenvalue weighted by molar-refractivity contribution is 7.92. The Bertz CT molecular complexity index is 1940.